The van der Waals surface area contributed by atoms with E-state index in [0.717, 1.165) is 10.0 Å². The lowest BCUT2D eigenvalue weighted by atomic mass is 10.00. The van der Waals surface area contributed by atoms with Crippen molar-refractivity contribution in [2.45, 2.75) is 39.7 Å². The van der Waals surface area contributed by atoms with Gasteiger partial charge in [-0.15, -0.1) is 0 Å². The van der Waals surface area contributed by atoms with Gasteiger partial charge in [0.2, 0.25) is 5.91 Å². The number of halogens is 1. The van der Waals surface area contributed by atoms with Gasteiger partial charge in [0.05, 0.1) is 0 Å². The molecule has 0 aliphatic heterocycles. The van der Waals surface area contributed by atoms with Crippen LogP contribution >= 0.6 is 15.9 Å². The van der Waals surface area contributed by atoms with E-state index >= 15 is 0 Å². The Hall–Kier alpha value is -1.16. The van der Waals surface area contributed by atoms with Gasteiger partial charge in [-0.1, -0.05) is 22.0 Å². The predicted molar refractivity (Wildman–Crippen MR) is 75.7 cm³/mol. The summed E-state index contributed by atoms with van der Waals surface area (Å²) in [4.78, 5) is 23.1. The first-order chi connectivity index (χ1) is 8.40. The lowest BCUT2D eigenvalue weighted by molar-refractivity contribution is -0.121. The molecule has 0 aromatic heterocycles. The molecule has 1 aromatic carbocycles. The number of rotatable bonds is 5. The summed E-state index contributed by atoms with van der Waals surface area (Å²) in [5, 5.41) is 2.84. The highest BCUT2D eigenvalue weighted by Crippen LogP contribution is 2.18. The average molecular weight is 312 g/mol. The molecule has 0 aliphatic carbocycles. The number of nitrogens with one attached hydrogen (secondary N) is 1. The van der Waals surface area contributed by atoms with Gasteiger partial charge in [-0.25, -0.2) is 0 Å². The number of aryl methyl sites for hydroxylation is 1. The molecule has 18 heavy (non-hydrogen) atoms. The summed E-state index contributed by atoms with van der Waals surface area (Å²) in [6.07, 6.45) is 0.974. The number of carbonyl (C=O) groups excluding carboxylic acids is 2. The van der Waals surface area contributed by atoms with Crippen LogP contribution in [0.3, 0.4) is 0 Å². The van der Waals surface area contributed by atoms with E-state index in [9.17, 15) is 9.59 Å². The number of carbonyl (C=O) groups is 2. The molecule has 0 radical (unpaired) electrons. The largest absolute Gasteiger partial charge is 0.354 e. The lowest BCUT2D eigenvalue weighted by Crippen LogP contribution is -2.30. The number of hydrogen-bond donors (Lipinski definition) is 1. The van der Waals surface area contributed by atoms with E-state index in [0.29, 0.717) is 18.4 Å². The van der Waals surface area contributed by atoms with Crippen LogP contribution in [0.4, 0.5) is 0 Å². The summed E-state index contributed by atoms with van der Waals surface area (Å²) in [6.45, 7) is 5.40. The predicted octanol–water partition coefficient (Wildman–Crippen LogP) is 3.11. The van der Waals surface area contributed by atoms with Crippen molar-refractivity contribution < 1.29 is 9.59 Å². The van der Waals surface area contributed by atoms with Crippen molar-refractivity contribution in [1.29, 1.82) is 0 Å². The SMILES string of the molecule is CC(=O)c1ccc(Br)cc1CCC(=O)NC(C)C. The lowest BCUT2D eigenvalue weighted by Gasteiger charge is -2.10. The molecule has 1 amide bonds. The minimum Gasteiger partial charge on any atom is -0.354 e. The number of benzene rings is 1. The number of ketones is 1. The smallest absolute Gasteiger partial charge is 0.220 e. The summed E-state index contributed by atoms with van der Waals surface area (Å²) >= 11 is 3.38. The van der Waals surface area contributed by atoms with Crippen LogP contribution in [0.1, 0.15) is 43.1 Å². The molecule has 4 heteroatoms. The van der Waals surface area contributed by atoms with Gasteiger partial charge in [0.1, 0.15) is 0 Å². The topological polar surface area (TPSA) is 46.2 Å². The van der Waals surface area contributed by atoms with Crippen LogP contribution in [0.25, 0.3) is 0 Å². The minimum absolute atomic E-state index is 0.0134. The zero-order valence-corrected chi connectivity index (χ0v) is 12.5. The third-order valence-electron chi connectivity index (χ3n) is 2.52. The van der Waals surface area contributed by atoms with E-state index < -0.39 is 0 Å². The van der Waals surface area contributed by atoms with Gasteiger partial charge in [-0.3, -0.25) is 9.59 Å². The molecule has 0 spiro atoms. The maximum atomic E-state index is 11.6. The molecule has 1 rings (SSSR count). The van der Waals surface area contributed by atoms with Gasteiger partial charge < -0.3 is 5.32 Å². The van der Waals surface area contributed by atoms with Gasteiger partial charge in [0, 0.05) is 22.5 Å². The Balaban J connectivity index is 2.74. The highest BCUT2D eigenvalue weighted by molar-refractivity contribution is 9.10. The number of amides is 1. The number of Topliss-reactive ketones (excluding diaryl/α,β-unsaturated/α-hetero) is 1. The molecule has 3 nitrogen and oxygen atoms in total. The average Bonchev–Trinajstić information content (AvgIpc) is 2.25. The third-order valence-corrected chi connectivity index (χ3v) is 3.01. The number of hydrogen-bond acceptors (Lipinski definition) is 2. The van der Waals surface area contributed by atoms with Crippen LogP contribution in [0.15, 0.2) is 22.7 Å². The molecule has 1 N–H and O–H groups in total. The van der Waals surface area contributed by atoms with Crippen molar-refractivity contribution in [2.75, 3.05) is 0 Å². The van der Waals surface area contributed by atoms with Crippen LogP contribution in [-0.2, 0) is 11.2 Å². The highest BCUT2D eigenvalue weighted by Gasteiger charge is 2.10. The molecule has 0 bridgehead atoms. The maximum Gasteiger partial charge on any atom is 0.220 e. The van der Waals surface area contributed by atoms with Crippen molar-refractivity contribution in [2.24, 2.45) is 0 Å². The monoisotopic (exact) mass is 311 g/mol. The Morgan fingerprint density at radius 1 is 1.33 bits per heavy atom. The first kappa shape index (κ1) is 14.9. The molecule has 98 valence electrons. The van der Waals surface area contributed by atoms with E-state index in [4.69, 9.17) is 0 Å². The van der Waals surface area contributed by atoms with E-state index in [1.165, 1.54) is 0 Å². The summed E-state index contributed by atoms with van der Waals surface area (Å²) < 4.78 is 0.923. The molecule has 0 fully saturated rings. The second-order valence-corrected chi connectivity index (χ2v) is 5.50. The molecule has 0 aliphatic rings. The van der Waals surface area contributed by atoms with Crippen molar-refractivity contribution in [3.05, 3.63) is 33.8 Å². The Bertz CT molecular complexity index is 455. The summed E-state index contributed by atoms with van der Waals surface area (Å²) in [7, 11) is 0. The Morgan fingerprint density at radius 3 is 2.56 bits per heavy atom. The van der Waals surface area contributed by atoms with E-state index in [1.807, 2.05) is 26.0 Å². The molecular formula is C14H18BrNO2. The van der Waals surface area contributed by atoms with Gasteiger partial charge in [0.15, 0.2) is 5.78 Å². The van der Waals surface area contributed by atoms with Crippen LogP contribution in [0, 0.1) is 0 Å². The van der Waals surface area contributed by atoms with Gasteiger partial charge in [-0.05, 0) is 44.9 Å². The summed E-state index contributed by atoms with van der Waals surface area (Å²) in [5.74, 6) is 0.0428. The maximum absolute atomic E-state index is 11.6. The second kappa shape index (κ2) is 6.69. The first-order valence-corrected chi connectivity index (χ1v) is 6.78. The zero-order valence-electron chi connectivity index (χ0n) is 10.9. The van der Waals surface area contributed by atoms with Crippen molar-refractivity contribution in [1.82, 2.24) is 5.32 Å². The van der Waals surface area contributed by atoms with Gasteiger partial charge in [0.25, 0.3) is 0 Å². The molecular weight excluding hydrogens is 294 g/mol. The van der Waals surface area contributed by atoms with Gasteiger partial charge in [-0.2, -0.15) is 0 Å². The highest BCUT2D eigenvalue weighted by atomic mass is 79.9. The summed E-state index contributed by atoms with van der Waals surface area (Å²) in [5.41, 5.74) is 1.60. The molecule has 0 saturated heterocycles. The van der Waals surface area contributed by atoms with E-state index in [-0.39, 0.29) is 17.7 Å². The van der Waals surface area contributed by atoms with Crippen LogP contribution in [0.5, 0.6) is 0 Å². The van der Waals surface area contributed by atoms with Crippen molar-refractivity contribution >= 4 is 27.6 Å². The molecule has 0 heterocycles. The fraction of sp³-hybridized carbons (Fsp3) is 0.429. The zero-order chi connectivity index (χ0) is 13.7. The fourth-order valence-corrected chi connectivity index (χ4v) is 2.16. The Morgan fingerprint density at radius 2 is 2.00 bits per heavy atom. The second-order valence-electron chi connectivity index (χ2n) is 4.58. The minimum atomic E-state index is 0.0134. The molecule has 1 aromatic rings. The third kappa shape index (κ3) is 4.61. The Kier molecular flexibility index (Phi) is 5.54. The van der Waals surface area contributed by atoms with Crippen LogP contribution < -0.4 is 5.32 Å². The van der Waals surface area contributed by atoms with Crippen molar-refractivity contribution in [3.8, 4) is 0 Å². The molecule has 0 atom stereocenters. The Labute approximate surface area is 116 Å². The normalized spacial score (nSPS) is 10.5. The van der Waals surface area contributed by atoms with Crippen LogP contribution in [-0.4, -0.2) is 17.7 Å². The fourth-order valence-electron chi connectivity index (χ4n) is 1.75. The summed E-state index contributed by atoms with van der Waals surface area (Å²) in [6, 6.07) is 5.68. The molecule has 0 unspecified atom stereocenters. The van der Waals surface area contributed by atoms with Gasteiger partial charge >= 0.3 is 0 Å². The van der Waals surface area contributed by atoms with E-state index in [1.54, 1.807) is 13.0 Å². The van der Waals surface area contributed by atoms with Crippen LogP contribution in [0.2, 0.25) is 0 Å². The standard InChI is InChI=1S/C14H18BrNO2/c1-9(2)16-14(18)7-4-11-8-12(15)5-6-13(11)10(3)17/h5-6,8-9H,4,7H2,1-3H3,(H,16,18). The first-order valence-electron chi connectivity index (χ1n) is 5.99. The van der Waals surface area contributed by atoms with E-state index in [2.05, 4.69) is 21.2 Å². The quantitative estimate of drug-likeness (QED) is 0.849. The van der Waals surface area contributed by atoms with Crippen molar-refractivity contribution in [3.63, 3.8) is 0 Å². The molecule has 0 saturated carbocycles.